The van der Waals surface area contributed by atoms with E-state index in [1.165, 1.54) is 11.1 Å². The van der Waals surface area contributed by atoms with E-state index < -0.39 is 0 Å². The van der Waals surface area contributed by atoms with E-state index in [0.717, 1.165) is 11.3 Å². The van der Waals surface area contributed by atoms with Gasteiger partial charge in [0.25, 0.3) is 0 Å². The molecular formula is C11H17ClN4. The lowest BCUT2D eigenvalue weighted by atomic mass is 10.0. The van der Waals surface area contributed by atoms with Crippen LogP contribution < -0.4 is 11.5 Å². The van der Waals surface area contributed by atoms with Crippen LogP contribution in [-0.4, -0.2) is 11.7 Å². The lowest BCUT2D eigenvalue weighted by Gasteiger charge is -2.03. The Morgan fingerprint density at radius 2 is 1.69 bits per heavy atom. The smallest absolute Gasteiger partial charge is 0.211 e. The van der Waals surface area contributed by atoms with Gasteiger partial charge >= 0.3 is 0 Å². The van der Waals surface area contributed by atoms with Crippen molar-refractivity contribution < 1.29 is 0 Å². The van der Waals surface area contributed by atoms with Gasteiger partial charge in [-0.1, -0.05) is 12.1 Å². The van der Waals surface area contributed by atoms with Crippen molar-refractivity contribution in [3.8, 4) is 0 Å². The molecule has 1 aromatic rings. The van der Waals surface area contributed by atoms with Crippen LogP contribution >= 0.6 is 12.4 Å². The lowest BCUT2D eigenvalue weighted by Crippen LogP contribution is -2.22. The maximum absolute atomic E-state index is 5.19. The van der Waals surface area contributed by atoms with Crippen molar-refractivity contribution in [3.63, 3.8) is 0 Å². The first-order valence-electron chi connectivity index (χ1n) is 4.71. The molecule has 88 valence electrons. The predicted molar refractivity (Wildman–Crippen MR) is 71.2 cm³/mol. The summed E-state index contributed by atoms with van der Waals surface area (Å²) in [6.45, 7) is 6.00. The molecule has 0 atom stereocenters. The van der Waals surface area contributed by atoms with Crippen molar-refractivity contribution in [1.29, 1.82) is 0 Å². The molecule has 0 aliphatic carbocycles. The second-order valence-corrected chi connectivity index (χ2v) is 3.51. The molecule has 0 aliphatic heterocycles. The van der Waals surface area contributed by atoms with E-state index in [2.05, 4.69) is 36.2 Å². The van der Waals surface area contributed by atoms with E-state index in [1.54, 1.807) is 0 Å². The molecule has 16 heavy (non-hydrogen) atoms. The van der Waals surface area contributed by atoms with Crippen LogP contribution in [0.2, 0.25) is 0 Å². The van der Waals surface area contributed by atoms with E-state index in [0.29, 0.717) is 0 Å². The molecule has 4 N–H and O–H groups in total. The highest BCUT2D eigenvalue weighted by molar-refractivity contribution is 5.99. The molecule has 0 spiro atoms. The van der Waals surface area contributed by atoms with Crippen LogP contribution in [0.5, 0.6) is 0 Å². The summed E-state index contributed by atoms with van der Waals surface area (Å²) in [7, 11) is 0. The topological polar surface area (TPSA) is 76.8 Å². The van der Waals surface area contributed by atoms with Crippen molar-refractivity contribution in [3.05, 3.63) is 34.9 Å². The standard InChI is InChI=1S/C11H16N4.ClH/c1-7-4-5-10(6-8(7)2)9(3)14-15-11(12)13;/h4-6H,1-3H3,(H4,12,13,15);1H/b14-9+;. The van der Waals surface area contributed by atoms with Gasteiger partial charge in [0.15, 0.2) is 0 Å². The molecule has 0 unspecified atom stereocenters. The first-order valence-corrected chi connectivity index (χ1v) is 4.71. The summed E-state index contributed by atoms with van der Waals surface area (Å²) in [5, 5.41) is 7.53. The fourth-order valence-corrected chi connectivity index (χ4v) is 1.16. The summed E-state index contributed by atoms with van der Waals surface area (Å²) in [6.07, 6.45) is 0. The molecule has 0 aliphatic rings. The van der Waals surface area contributed by atoms with Gasteiger partial charge in [0.1, 0.15) is 0 Å². The minimum Gasteiger partial charge on any atom is -0.369 e. The summed E-state index contributed by atoms with van der Waals surface area (Å²) >= 11 is 0. The number of rotatable bonds is 2. The van der Waals surface area contributed by atoms with Gasteiger partial charge in [-0.2, -0.15) is 5.10 Å². The van der Waals surface area contributed by atoms with Crippen LogP contribution in [-0.2, 0) is 0 Å². The third kappa shape index (κ3) is 3.90. The molecule has 0 aromatic heterocycles. The maximum atomic E-state index is 5.19. The number of hydrogen-bond donors (Lipinski definition) is 2. The van der Waals surface area contributed by atoms with Crippen LogP contribution in [0.15, 0.2) is 28.4 Å². The molecule has 0 saturated heterocycles. The van der Waals surface area contributed by atoms with E-state index >= 15 is 0 Å². The van der Waals surface area contributed by atoms with E-state index in [1.807, 2.05) is 13.0 Å². The number of hydrogen-bond acceptors (Lipinski definition) is 2. The van der Waals surface area contributed by atoms with Crippen LogP contribution in [0.1, 0.15) is 23.6 Å². The van der Waals surface area contributed by atoms with Gasteiger partial charge < -0.3 is 11.5 Å². The van der Waals surface area contributed by atoms with Crippen LogP contribution in [0, 0.1) is 13.8 Å². The van der Waals surface area contributed by atoms with Gasteiger partial charge in [0.2, 0.25) is 5.96 Å². The fraction of sp³-hybridized carbons (Fsp3) is 0.273. The van der Waals surface area contributed by atoms with E-state index in [4.69, 9.17) is 11.5 Å². The Bertz CT molecular complexity index is 420. The van der Waals surface area contributed by atoms with Crippen molar-refractivity contribution in [1.82, 2.24) is 0 Å². The molecule has 0 saturated carbocycles. The largest absolute Gasteiger partial charge is 0.369 e. The first kappa shape index (κ1) is 14.5. The maximum Gasteiger partial charge on any atom is 0.211 e. The molecular weight excluding hydrogens is 224 g/mol. The number of aryl methyl sites for hydroxylation is 2. The summed E-state index contributed by atoms with van der Waals surface area (Å²) in [4.78, 5) is 0. The summed E-state index contributed by atoms with van der Waals surface area (Å²) in [5.74, 6) is -0.0295. The molecule has 0 radical (unpaired) electrons. The number of nitrogens with two attached hydrogens (primary N) is 2. The quantitative estimate of drug-likeness (QED) is 0.469. The minimum absolute atomic E-state index is 0. The summed E-state index contributed by atoms with van der Waals surface area (Å²) < 4.78 is 0. The third-order valence-electron chi connectivity index (χ3n) is 2.24. The minimum atomic E-state index is -0.0295. The van der Waals surface area contributed by atoms with Gasteiger partial charge in [-0.3, -0.25) is 0 Å². The van der Waals surface area contributed by atoms with Crippen LogP contribution in [0.25, 0.3) is 0 Å². The second kappa shape index (κ2) is 6.12. The highest BCUT2D eigenvalue weighted by atomic mass is 35.5. The van der Waals surface area contributed by atoms with Crippen molar-refractivity contribution in [2.24, 2.45) is 21.7 Å². The van der Waals surface area contributed by atoms with Crippen molar-refractivity contribution in [2.45, 2.75) is 20.8 Å². The monoisotopic (exact) mass is 240 g/mol. The third-order valence-corrected chi connectivity index (χ3v) is 2.24. The summed E-state index contributed by atoms with van der Waals surface area (Å²) in [6, 6.07) is 6.12. The Balaban J connectivity index is 0.00000225. The summed E-state index contributed by atoms with van der Waals surface area (Å²) in [5.41, 5.74) is 14.7. The second-order valence-electron chi connectivity index (χ2n) is 3.51. The van der Waals surface area contributed by atoms with Gasteiger partial charge in [-0.05, 0) is 43.5 Å². The number of nitrogens with zero attached hydrogens (tertiary/aromatic N) is 2. The Labute approximate surface area is 102 Å². The molecule has 0 heterocycles. The van der Waals surface area contributed by atoms with Gasteiger partial charge in [-0.15, -0.1) is 17.5 Å². The van der Waals surface area contributed by atoms with Gasteiger partial charge in [-0.25, -0.2) is 0 Å². The van der Waals surface area contributed by atoms with E-state index in [9.17, 15) is 0 Å². The molecule has 0 amide bonds. The number of benzene rings is 1. The Hall–Kier alpha value is -1.55. The average molecular weight is 241 g/mol. The van der Waals surface area contributed by atoms with Crippen molar-refractivity contribution >= 4 is 24.1 Å². The molecule has 0 bridgehead atoms. The SMILES string of the molecule is C/C(=N\N=C(N)N)c1ccc(C)c(C)c1.Cl. The molecule has 1 aromatic carbocycles. The van der Waals surface area contributed by atoms with Gasteiger partial charge in [0, 0.05) is 0 Å². The highest BCUT2D eigenvalue weighted by Crippen LogP contribution is 2.10. The molecule has 1 rings (SSSR count). The fourth-order valence-electron chi connectivity index (χ4n) is 1.16. The Kier molecular flexibility index (Phi) is 5.53. The zero-order chi connectivity index (χ0) is 11.4. The van der Waals surface area contributed by atoms with Crippen LogP contribution in [0.3, 0.4) is 0 Å². The lowest BCUT2D eigenvalue weighted by molar-refractivity contribution is 1.19. The molecule has 0 fully saturated rings. The Morgan fingerprint density at radius 1 is 1.06 bits per heavy atom. The normalized spacial score (nSPS) is 10.6. The highest BCUT2D eigenvalue weighted by Gasteiger charge is 1.99. The number of guanidine groups is 1. The van der Waals surface area contributed by atoms with Gasteiger partial charge in [0.05, 0.1) is 5.71 Å². The molecule has 4 nitrogen and oxygen atoms in total. The predicted octanol–water partition coefficient (Wildman–Crippen LogP) is 1.72. The zero-order valence-corrected chi connectivity index (χ0v) is 10.5. The van der Waals surface area contributed by atoms with Crippen LogP contribution in [0.4, 0.5) is 0 Å². The zero-order valence-electron chi connectivity index (χ0n) is 9.69. The van der Waals surface area contributed by atoms with E-state index in [-0.39, 0.29) is 18.4 Å². The first-order chi connectivity index (χ1) is 7.00. The average Bonchev–Trinajstić information content (AvgIpc) is 2.18. The van der Waals surface area contributed by atoms with Crippen molar-refractivity contribution in [2.75, 3.05) is 0 Å². The Morgan fingerprint density at radius 3 is 2.19 bits per heavy atom. The number of halogens is 1. The molecule has 5 heteroatoms.